The maximum Gasteiger partial charge on any atom is 0.0699 e. The lowest BCUT2D eigenvalue weighted by atomic mass is 9.96. The van der Waals surface area contributed by atoms with Gasteiger partial charge in [0.05, 0.1) is 6.61 Å². The molecule has 1 heterocycles. The minimum absolute atomic E-state index is 0.0998. The topological polar surface area (TPSA) is 25.2 Å². The van der Waals surface area contributed by atoms with Gasteiger partial charge in [-0.05, 0) is 48.6 Å². The molecule has 2 rings (SSSR count). The first-order valence-corrected chi connectivity index (χ1v) is 6.82. The van der Waals surface area contributed by atoms with Gasteiger partial charge in [-0.2, -0.15) is 0 Å². The summed E-state index contributed by atoms with van der Waals surface area (Å²) in [6, 6.07) is 8.76. The number of hydrogen-bond donors (Lipinski definition) is 1. The molecule has 1 aromatic heterocycles. The molecule has 2 nitrogen and oxygen atoms in total. The number of aromatic nitrogens is 1. The van der Waals surface area contributed by atoms with E-state index in [-0.39, 0.29) is 6.61 Å². The molecule has 0 saturated carbocycles. The summed E-state index contributed by atoms with van der Waals surface area (Å²) in [7, 11) is 2.06. The molecular weight excluding hydrogens is 234 g/mol. The zero-order chi connectivity index (χ0) is 14.2. The van der Waals surface area contributed by atoms with Crippen molar-refractivity contribution >= 4 is 0 Å². The van der Waals surface area contributed by atoms with Crippen LogP contribution >= 0.6 is 0 Å². The third-order valence-corrected chi connectivity index (χ3v) is 4.01. The van der Waals surface area contributed by atoms with E-state index < -0.39 is 0 Å². The fourth-order valence-corrected chi connectivity index (χ4v) is 2.46. The maximum atomic E-state index is 9.40. The lowest BCUT2D eigenvalue weighted by Crippen LogP contribution is -1.97. The Bertz CT molecular complexity index is 594. The molecule has 0 bridgehead atoms. The van der Waals surface area contributed by atoms with Gasteiger partial charge < -0.3 is 9.67 Å². The van der Waals surface area contributed by atoms with Gasteiger partial charge in [0.25, 0.3) is 0 Å². The lowest BCUT2D eigenvalue weighted by Gasteiger charge is -2.12. The predicted octanol–water partition coefficient (Wildman–Crippen LogP) is 3.92. The largest absolute Gasteiger partial charge is 0.392 e. The highest BCUT2D eigenvalue weighted by Crippen LogP contribution is 2.30. The van der Waals surface area contributed by atoms with Crippen molar-refractivity contribution in [2.75, 3.05) is 0 Å². The van der Waals surface area contributed by atoms with Gasteiger partial charge in [-0.1, -0.05) is 26.0 Å². The summed E-state index contributed by atoms with van der Waals surface area (Å²) in [5.74, 6) is 0.526. The van der Waals surface area contributed by atoms with E-state index in [2.05, 4.69) is 63.6 Å². The molecule has 102 valence electrons. The Morgan fingerprint density at radius 2 is 1.84 bits per heavy atom. The molecule has 0 saturated heterocycles. The Balaban J connectivity index is 2.61. The highest BCUT2D eigenvalue weighted by atomic mass is 16.3. The zero-order valence-electron chi connectivity index (χ0n) is 12.5. The molecule has 2 heteroatoms. The molecule has 0 aliphatic heterocycles. The first-order chi connectivity index (χ1) is 8.95. The molecule has 0 fully saturated rings. The van der Waals surface area contributed by atoms with Gasteiger partial charge in [0.2, 0.25) is 0 Å². The monoisotopic (exact) mass is 257 g/mol. The summed E-state index contributed by atoms with van der Waals surface area (Å²) in [5.41, 5.74) is 7.20. The number of nitrogens with zero attached hydrogens (tertiary/aromatic N) is 1. The Kier molecular flexibility index (Phi) is 3.81. The number of benzene rings is 1. The van der Waals surface area contributed by atoms with Crippen molar-refractivity contribution < 1.29 is 5.11 Å². The van der Waals surface area contributed by atoms with Gasteiger partial charge in [-0.15, -0.1) is 0 Å². The van der Waals surface area contributed by atoms with Gasteiger partial charge in [0, 0.05) is 24.0 Å². The maximum absolute atomic E-state index is 9.40. The SMILES string of the molecule is Cc1ccc(C(C)C)cc1-c1cc(CO)c(C)n1C. The average molecular weight is 257 g/mol. The first-order valence-electron chi connectivity index (χ1n) is 6.82. The minimum Gasteiger partial charge on any atom is -0.392 e. The van der Waals surface area contributed by atoms with Crippen LogP contribution in [0, 0.1) is 13.8 Å². The standard InChI is InChI=1S/C17H23NO/c1-11(2)14-7-6-12(3)16(8-14)17-9-15(10-19)13(4)18(17)5/h6-9,11,19H,10H2,1-5H3. The van der Waals surface area contributed by atoms with Crippen LogP contribution < -0.4 is 0 Å². The average Bonchev–Trinajstić information content (AvgIpc) is 2.66. The van der Waals surface area contributed by atoms with Gasteiger partial charge in [-0.3, -0.25) is 0 Å². The second-order valence-corrected chi connectivity index (χ2v) is 5.59. The molecule has 0 aliphatic rings. The van der Waals surface area contributed by atoms with E-state index in [1.54, 1.807) is 0 Å². The van der Waals surface area contributed by atoms with E-state index in [9.17, 15) is 5.11 Å². The fourth-order valence-electron chi connectivity index (χ4n) is 2.46. The summed E-state index contributed by atoms with van der Waals surface area (Å²) in [4.78, 5) is 0. The Morgan fingerprint density at radius 3 is 2.37 bits per heavy atom. The second kappa shape index (κ2) is 5.22. The second-order valence-electron chi connectivity index (χ2n) is 5.59. The minimum atomic E-state index is 0.0998. The molecule has 1 aromatic carbocycles. The first kappa shape index (κ1) is 13.9. The molecule has 0 radical (unpaired) electrons. The third-order valence-electron chi connectivity index (χ3n) is 4.01. The van der Waals surface area contributed by atoms with Crippen molar-refractivity contribution in [2.45, 2.75) is 40.2 Å². The highest BCUT2D eigenvalue weighted by Gasteiger charge is 2.13. The van der Waals surface area contributed by atoms with Crippen LogP contribution in [0.25, 0.3) is 11.3 Å². The number of aliphatic hydroxyl groups excluding tert-OH is 1. The molecule has 0 amide bonds. The van der Waals surface area contributed by atoms with Crippen molar-refractivity contribution in [1.82, 2.24) is 4.57 Å². The van der Waals surface area contributed by atoms with Crippen LogP contribution in [0.5, 0.6) is 0 Å². The molecule has 0 spiro atoms. The zero-order valence-corrected chi connectivity index (χ0v) is 12.5. The Morgan fingerprint density at radius 1 is 1.16 bits per heavy atom. The van der Waals surface area contributed by atoms with Crippen LogP contribution in [0.3, 0.4) is 0 Å². The van der Waals surface area contributed by atoms with Crippen molar-refractivity contribution in [3.05, 3.63) is 46.6 Å². The van der Waals surface area contributed by atoms with Crippen LogP contribution in [-0.2, 0) is 13.7 Å². The van der Waals surface area contributed by atoms with Crippen molar-refractivity contribution in [1.29, 1.82) is 0 Å². The number of aliphatic hydroxyl groups is 1. The van der Waals surface area contributed by atoms with Gasteiger partial charge in [0.15, 0.2) is 0 Å². The van der Waals surface area contributed by atoms with Crippen LogP contribution in [0.2, 0.25) is 0 Å². The summed E-state index contributed by atoms with van der Waals surface area (Å²) in [6.45, 7) is 8.72. The van der Waals surface area contributed by atoms with E-state index in [0.717, 1.165) is 11.3 Å². The molecule has 19 heavy (non-hydrogen) atoms. The molecular formula is C17H23NO. The number of aryl methyl sites for hydroxylation is 1. The van der Waals surface area contributed by atoms with Crippen molar-refractivity contribution in [3.8, 4) is 11.3 Å². The molecule has 1 N–H and O–H groups in total. The highest BCUT2D eigenvalue weighted by molar-refractivity contribution is 5.67. The fraction of sp³-hybridized carbons (Fsp3) is 0.412. The van der Waals surface area contributed by atoms with E-state index >= 15 is 0 Å². The van der Waals surface area contributed by atoms with E-state index in [4.69, 9.17) is 0 Å². The normalized spacial score (nSPS) is 11.3. The molecule has 0 unspecified atom stereocenters. The van der Waals surface area contributed by atoms with E-state index in [0.29, 0.717) is 5.92 Å². The number of rotatable bonds is 3. The van der Waals surface area contributed by atoms with Crippen molar-refractivity contribution in [3.63, 3.8) is 0 Å². The van der Waals surface area contributed by atoms with Gasteiger partial charge in [0.1, 0.15) is 0 Å². The predicted molar refractivity (Wildman–Crippen MR) is 80.3 cm³/mol. The van der Waals surface area contributed by atoms with E-state index in [1.165, 1.54) is 22.4 Å². The van der Waals surface area contributed by atoms with Crippen LogP contribution in [-0.4, -0.2) is 9.67 Å². The summed E-state index contributed by atoms with van der Waals surface area (Å²) in [5, 5.41) is 9.40. The third kappa shape index (κ3) is 2.45. The molecule has 0 aliphatic carbocycles. The van der Waals surface area contributed by atoms with Crippen molar-refractivity contribution in [2.24, 2.45) is 7.05 Å². The Labute approximate surface area is 115 Å². The van der Waals surface area contributed by atoms with Crippen LogP contribution in [0.1, 0.15) is 42.1 Å². The molecule has 0 atom stereocenters. The van der Waals surface area contributed by atoms with E-state index in [1.807, 2.05) is 0 Å². The summed E-state index contributed by atoms with van der Waals surface area (Å²) < 4.78 is 2.16. The van der Waals surface area contributed by atoms with Crippen LogP contribution in [0.15, 0.2) is 24.3 Å². The number of hydrogen-bond acceptors (Lipinski definition) is 1. The summed E-state index contributed by atoms with van der Waals surface area (Å²) >= 11 is 0. The lowest BCUT2D eigenvalue weighted by molar-refractivity contribution is 0.281. The van der Waals surface area contributed by atoms with Gasteiger partial charge in [-0.25, -0.2) is 0 Å². The van der Waals surface area contributed by atoms with Crippen LogP contribution in [0.4, 0.5) is 0 Å². The van der Waals surface area contributed by atoms with Gasteiger partial charge >= 0.3 is 0 Å². The quantitative estimate of drug-likeness (QED) is 0.885. The smallest absolute Gasteiger partial charge is 0.0699 e. The molecule has 2 aromatic rings. The Hall–Kier alpha value is -1.54. The summed E-state index contributed by atoms with van der Waals surface area (Å²) in [6.07, 6.45) is 0.